The number of guanidine groups is 1. The molecule has 1 saturated heterocycles. The molecule has 1 fully saturated rings. The molecule has 1 aromatic carbocycles. The second-order valence-electron chi connectivity index (χ2n) is 7.07. The lowest BCUT2D eigenvalue weighted by Gasteiger charge is -2.35. The van der Waals surface area contributed by atoms with Gasteiger partial charge in [-0.15, -0.1) is 0 Å². The van der Waals surface area contributed by atoms with Crippen molar-refractivity contribution in [2.45, 2.75) is 32.7 Å². The van der Waals surface area contributed by atoms with E-state index in [-0.39, 0.29) is 18.2 Å². The first-order chi connectivity index (χ1) is 11.9. The molecule has 0 saturated carbocycles. The molecule has 3 atom stereocenters. The predicted octanol–water partition coefficient (Wildman–Crippen LogP) is 2.50. The van der Waals surface area contributed by atoms with E-state index >= 15 is 0 Å². The van der Waals surface area contributed by atoms with E-state index in [2.05, 4.69) is 34.4 Å². The summed E-state index contributed by atoms with van der Waals surface area (Å²) >= 11 is 5.91. The minimum atomic E-state index is -0.679. The SMILES string of the molecule is C[C@@H]1C[C@H](C)CN(C2=N[C@H](CC(=O)Nc3cccc(Cl)c3)C(=O)N2)C1. The number of rotatable bonds is 3. The van der Waals surface area contributed by atoms with Crippen LogP contribution < -0.4 is 10.6 Å². The van der Waals surface area contributed by atoms with Crippen molar-refractivity contribution in [3.63, 3.8) is 0 Å². The Kier molecular flexibility index (Phi) is 5.27. The highest BCUT2D eigenvalue weighted by atomic mass is 35.5. The average molecular weight is 363 g/mol. The number of nitrogens with zero attached hydrogens (tertiary/aromatic N) is 2. The van der Waals surface area contributed by atoms with E-state index in [1.807, 2.05) is 0 Å². The largest absolute Gasteiger partial charge is 0.342 e. The molecule has 7 heteroatoms. The number of carbonyl (C=O) groups is 2. The first kappa shape index (κ1) is 17.7. The van der Waals surface area contributed by atoms with E-state index < -0.39 is 6.04 Å². The summed E-state index contributed by atoms with van der Waals surface area (Å²) in [5, 5.41) is 6.13. The lowest BCUT2D eigenvalue weighted by Crippen LogP contribution is -2.47. The number of nitrogens with one attached hydrogen (secondary N) is 2. The van der Waals surface area contributed by atoms with Gasteiger partial charge < -0.3 is 10.2 Å². The van der Waals surface area contributed by atoms with E-state index in [1.54, 1.807) is 24.3 Å². The van der Waals surface area contributed by atoms with E-state index in [4.69, 9.17) is 11.6 Å². The van der Waals surface area contributed by atoms with Gasteiger partial charge in [-0.1, -0.05) is 31.5 Å². The standard InChI is InChI=1S/C18H23ClN4O2/c1-11-6-12(2)10-23(9-11)18-21-15(17(25)22-18)8-16(24)20-14-5-3-4-13(19)7-14/h3-5,7,11-12,15H,6,8-10H2,1-2H3,(H,20,24)(H,21,22,25)/t11-,12+,15-/m1/s1. The highest BCUT2D eigenvalue weighted by Crippen LogP contribution is 2.22. The summed E-state index contributed by atoms with van der Waals surface area (Å²) in [6.07, 6.45) is 1.20. The molecular weight excluding hydrogens is 340 g/mol. The Morgan fingerprint density at radius 2 is 2.08 bits per heavy atom. The number of likely N-dealkylation sites (tertiary alicyclic amines) is 1. The van der Waals surface area contributed by atoms with Gasteiger partial charge in [-0.2, -0.15) is 0 Å². The number of carbonyl (C=O) groups excluding carboxylic acids is 2. The minimum Gasteiger partial charge on any atom is -0.342 e. The van der Waals surface area contributed by atoms with Crippen LogP contribution in [0.5, 0.6) is 0 Å². The molecule has 2 aliphatic rings. The van der Waals surface area contributed by atoms with Crippen LogP contribution >= 0.6 is 11.6 Å². The fourth-order valence-electron chi connectivity index (χ4n) is 3.52. The van der Waals surface area contributed by atoms with Gasteiger partial charge in [0.2, 0.25) is 11.9 Å². The second kappa shape index (κ2) is 7.44. The minimum absolute atomic E-state index is 0.0147. The molecule has 25 heavy (non-hydrogen) atoms. The highest BCUT2D eigenvalue weighted by Gasteiger charge is 2.33. The van der Waals surface area contributed by atoms with Gasteiger partial charge in [-0.25, -0.2) is 4.99 Å². The van der Waals surface area contributed by atoms with Crippen LogP contribution in [0.25, 0.3) is 0 Å². The quantitative estimate of drug-likeness (QED) is 0.867. The summed E-state index contributed by atoms with van der Waals surface area (Å²) in [5.41, 5.74) is 0.610. The van der Waals surface area contributed by atoms with Crippen molar-refractivity contribution in [1.82, 2.24) is 10.2 Å². The topological polar surface area (TPSA) is 73.8 Å². The third-order valence-corrected chi connectivity index (χ3v) is 4.71. The van der Waals surface area contributed by atoms with Crippen LogP contribution in [0, 0.1) is 11.8 Å². The molecule has 2 heterocycles. The van der Waals surface area contributed by atoms with Crippen molar-refractivity contribution < 1.29 is 9.59 Å². The second-order valence-corrected chi connectivity index (χ2v) is 7.51. The number of amides is 2. The van der Waals surface area contributed by atoms with Crippen LogP contribution in [0.3, 0.4) is 0 Å². The third kappa shape index (κ3) is 4.51. The van der Waals surface area contributed by atoms with Gasteiger partial charge >= 0.3 is 0 Å². The van der Waals surface area contributed by atoms with Gasteiger partial charge in [0.15, 0.2) is 0 Å². The van der Waals surface area contributed by atoms with Crippen molar-refractivity contribution in [2.24, 2.45) is 16.8 Å². The van der Waals surface area contributed by atoms with E-state index in [1.165, 1.54) is 6.42 Å². The van der Waals surface area contributed by atoms with Gasteiger partial charge in [-0.3, -0.25) is 14.9 Å². The maximum absolute atomic E-state index is 12.2. The fraction of sp³-hybridized carbons (Fsp3) is 0.500. The Morgan fingerprint density at radius 3 is 2.76 bits per heavy atom. The average Bonchev–Trinajstić information content (AvgIpc) is 2.87. The van der Waals surface area contributed by atoms with Crippen LogP contribution in [0.15, 0.2) is 29.3 Å². The van der Waals surface area contributed by atoms with Gasteiger partial charge in [0.25, 0.3) is 5.91 Å². The summed E-state index contributed by atoms with van der Waals surface area (Å²) in [4.78, 5) is 30.9. The first-order valence-corrected chi connectivity index (χ1v) is 8.97. The zero-order valence-electron chi connectivity index (χ0n) is 14.5. The molecular formula is C18H23ClN4O2. The number of benzene rings is 1. The number of anilines is 1. The summed E-state index contributed by atoms with van der Waals surface area (Å²) in [6.45, 7) is 6.17. The summed E-state index contributed by atoms with van der Waals surface area (Å²) in [7, 11) is 0. The predicted molar refractivity (Wildman–Crippen MR) is 98.6 cm³/mol. The van der Waals surface area contributed by atoms with Gasteiger partial charge in [0.1, 0.15) is 6.04 Å². The number of halogens is 1. The molecule has 2 aliphatic heterocycles. The third-order valence-electron chi connectivity index (χ3n) is 4.47. The van der Waals surface area contributed by atoms with Gasteiger partial charge in [0, 0.05) is 23.8 Å². The summed E-state index contributed by atoms with van der Waals surface area (Å²) in [5.74, 6) is 1.25. The molecule has 0 spiro atoms. The number of aliphatic imine (C=N–C) groups is 1. The van der Waals surface area contributed by atoms with E-state index in [0.717, 1.165) is 13.1 Å². The van der Waals surface area contributed by atoms with Crippen LogP contribution in [-0.2, 0) is 9.59 Å². The molecule has 0 bridgehead atoms. The molecule has 2 N–H and O–H groups in total. The Bertz CT molecular complexity index is 696. The molecule has 1 aromatic rings. The van der Waals surface area contributed by atoms with Crippen molar-refractivity contribution >= 4 is 35.1 Å². The van der Waals surface area contributed by atoms with Gasteiger partial charge in [0.05, 0.1) is 6.42 Å². The molecule has 0 aliphatic carbocycles. The zero-order valence-corrected chi connectivity index (χ0v) is 15.2. The fourth-order valence-corrected chi connectivity index (χ4v) is 3.71. The van der Waals surface area contributed by atoms with Crippen LogP contribution in [0.1, 0.15) is 26.7 Å². The number of piperidine rings is 1. The number of hydrogen-bond acceptors (Lipinski definition) is 4. The van der Waals surface area contributed by atoms with Crippen molar-refractivity contribution in [3.8, 4) is 0 Å². The smallest absolute Gasteiger partial charge is 0.252 e. The van der Waals surface area contributed by atoms with Gasteiger partial charge in [-0.05, 0) is 36.5 Å². The molecule has 0 radical (unpaired) electrons. The molecule has 134 valence electrons. The van der Waals surface area contributed by atoms with Crippen molar-refractivity contribution in [2.75, 3.05) is 18.4 Å². The van der Waals surface area contributed by atoms with Crippen LogP contribution in [0.2, 0.25) is 5.02 Å². The maximum atomic E-state index is 12.2. The Balaban J connectivity index is 1.61. The van der Waals surface area contributed by atoms with Crippen molar-refractivity contribution in [1.29, 1.82) is 0 Å². The zero-order chi connectivity index (χ0) is 18.0. The first-order valence-electron chi connectivity index (χ1n) is 8.59. The van der Waals surface area contributed by atoms with E-state index in [0.29, 0.717) is 28.5 Å². The Labute approximate surface area is 152 Å². The molecule has 2 amide bonds. The van der Waals surface area contributed by atoms with Crippen molar-refractivity contribution in [3.05, 3.63) is 29.3 Å². The molecule has 0 unspecified atom stereocenters. The molecule has 6 nitrogen and oxygen atoms in total. The van der Waals surface area contributed by atoms with E-state index in [9.17, 15) is 9.59 Å². The normalized spacial score (nSPS) is 26.2. The Hall–Kier alpha value is -2.08. The Morgan fingerprint density at radius 1 is 1.36 bits per heavy atom. The van der Waals surface area contributed by atoms with Crippen LogP contribution in [0.4, 0.5) is 5.69 Å². The lowest BCUT2D eigenvalue weighted by molar-refractivity contribution is -0.124. The maximum Gasteiger partial charge on any atom is 0.252 e. The molecule has 3 rings (SSSR count). The monoisotopic (exact) mass is 362 g/mol. The summed E-state index contributed by atoms with van der Waals surface area (Å²) in [6, 6.07) is 6.23. The molecule has 0 aromatic heterocycles. The van der Waals surface area contributed by atoms with Crippen LogP contribution in [-0.4, -0.2) is 41.8 Å². The summed E-state index contributed by atoms with van der Waals surface area (Å²) < 4.78 is 0. The highest BCUT2D eigenvalue weighted by molar-refractivity contribution is 6.30. The lowest BCUT2D eigenvalue weighted by atomic mass is 9.92. The number of hydrogen-bond donors (Lipinski definition) is 2.